The highest BCUT2D eigenvalue weighted by Gasteiger charge is 2.29. The maximum atomic E-state index is 12.7. The minimum atomic E-state index is -0.142. The lowest BCUT2D eigenvalue weighted by Crippen LogP contribution is -2.47. The molecule has 2 aliphatic rings. The molecule has 2 aliphatic heterocycles. The van der Waals surface area contributed by atoms with Crippen molar-refractivity contribution in [3.63, 3.8) is 0 Å². The Balaban J connectivity index is 1.65. The molecule has 0 aromatic heterocycles. The number of nitrogens with one attached hydrogen (secondary N) is 1. The monoisotopic (exact) mass is 344 g/mol. The van der Waals surface area contributed by atoms with Crippen LogP contribution in [-0.2, 0) is 11.2 Å². The van der Waals surface area contributed by atoms with E-state index in [1.54, 1.807) is 23.9 Å². The van der Waals surface area contributed by atoms with Gasteiger partial charge in [-0.2, -0.15) is 0 Å². The number of rotatable bonds is 2. The van der Waals surface area contributed by atoms with Crippen LogP contribution in [0, 0.1) is 5.92 Å². The fourth-order valence-corrected chi connectivity index (χ4v) is 3.76. The van der Waals surface area contributed by atoms with E-state index in [1.165, 1.54) is 11.3 Å². The van der Waals surface area contributed by atoms with Crippen molar-refractivity contribution in [3.8, 4) is 0 Å². The average molecular weight is 344 g/mol. The van der Waals surface area contributed by atoms with Gasteiger partial charge in [-0.3, -0.25) is 4.79 Å². The molecule has 0 saturated carbocycles. The largest absolute Gasteiger partial charge is 0.374 e. The van der Waals surface area contributed by atoms with E-state index in [-0.39, 0.29) is 17.9 Å². The molecule has 136 valence electrons. The first-order valence-electron chi connectivity index (χ1n) is 9.07. The van der Waals surface area contributed by atoms with E-state index in [9.17, 15) is 9.59 Å². The van der Waals surface area contributed by atoms with Crippen LogP contribution in [0.25, 0.3) is 0 Å². The molecule has 1 fully saturated rings. The number of amides is 3. The fraction of sp³-hybridized carbons (Fsp3) is 0.579. The Labute approximate surface area is 149 Å². The number of carbonyl (C=O) groups excluding carboxylic acids is 2. The van der Waals surface area contributed by atoms with Gasteiger partial charge in [-0.25, -0.2) is 4.79 Å². The lowest BCUT2D eigenvalue weighted by Gasteiger charge is -2.33. The molecule has 0 radical (unpaired) electrons. The highest BCUT2D eigenvalue weighted by molar-refractivity contribution is 5.93. The maximum Gasteiger partial charge on any atom is 0.319 e. The number of piperidine rings is 1. The van der Waals surface area contributed by atoms with Crippen LogP contribution < -0.4 is 10.2 Å². The van der Waals surface area contributed by atoms with Gasteiger partial charge >= 0.3 is 6.03 Å². The summed E-state index contributed by atoms with van der Waals surface area (Å²) in [6, 6.07) is 6.14. The predicted molar refractivity (Wildman–Crippen MR) is 100 cm³/mol. The molecular weight excluding hydrogens is 316 g/mol. The van der Waals surface area contributed by atoms with E-state index in [0.29, 0.717) is 6.54 Å². The highest BCUT2D eigenvalue weighted by atomic mass is 16.2. The van der Waals surface area contributed by atoms with Crippen molar-refractivity contribution >= 4 is 23.3 Å². The van der Waals surface area contributed by atoms with Gasteiger partial charge in [0.15, 0.2) is 0 Å². The van der Waals surface area contributed by atoms with Gasteiger partial charge in [-0.15, -0.1) is 0 Å². The summed E-state index contributed by atoms with van der Waals surface area (Å²) >= 11 is 0. The van der Waals surface area contributed by atoms with Crippen LogP contribution in [0.4, 0.5) is 16.2 Å². The zero-order valence-electron chi connectivity index (χ0n) is 15.4. The van der Waals surface area contributed by atoms with Gasteiger partial charge in [-0.1, -0.05) is 0 Å². The van der Waals surface area contributed by atoms with Crippen molar-refractivity contribution in [1.82, 2.24) is 9.80 Å². The summed E-state index contributed by atoms with van der Waals surface area (Å²) in [5, 5.41) is 3.06. The number of hydrogen-bond acceptors (Lipinski definition) is 3. The second-order valence-electron chi connectivity index (χ2n) is 7.32. The standard InChI is InChI=1S/C19H28N4O2/c1-21(2)19(25)23-11-5-7-15(13-23)18(24)20-16-8-9-17-14(12-16)6-4-10-22(17)3/h8-9,12,15H,4-7,10-11,13H2,1-3H3,(H,20,24)/t15-/m0/s1. The Morgan fingerprint density at radius 3 is 2.76 bits per heavy atom. The van der Waals surface area contributed by atoms with Crippen LogP contribution in [0.15, 0.2) is 18.2 Å². The van der Waals surface area contributed by atoms with E-state index < -0.39 is 0 Å². The molecule has 0 spiro atoms. The molecule has 0 aliphatic carbocycles. The summed E-state index contributed by atoms with van der Waals surface area (Å²) in [6.07, 6.45) is 3.90. The summed E-state index contributed by atoms with van der Waals surface area (Å²) in [5.41, 5.74) is 3.40. The first-order chi connectivity index (χ1) is 12.0. The van der Waals surface area contributed by atoms with Gasteiger partial charge in [0, 0.05) is 52.2 Å². The zero-order valence-corrected chi connectivity index (χ0v) is 15.4. The molecule has 0 bridgehead atoms. The number of fused-ring (bicyclic) bond motifs is 1. The van der Waals surface area contributed by atoms with Gasteiger partial charge in [-0.05, 0) is 49.4 Å². The number of anilines is 2. The highest BCUT2D eigenvalue weighted by Crippen LogP contribution is 2.29. The maximum absolute atomic E-state index is 12.7. The Kier molecular flexibility index (Phi) is 5.16. The number of hydrogen-bond donors (Lipinski definition) is 1. The summed E-state index contributed by atoms with van der Waals surface area (Å²) in [5.74, 6) is -0.128. The molecule has 6 heteroatoms. The van der Waals surface area contributed by atoms with Crippen LogP contribution in [0.5, 0.6) is 0 Å². The molecule has 3 rings (SSSR count). The number of urea groups is 1. The minimum Gasteiger partial charge on any atom is -0.374 e. The first-order valence-corrected chi connectivity index (χ1v) is 9.07. The molecular formula is C19H28N4O2. The second kappa shape index (κ2) is 7.33. The van der Waals surface area contributed by atoms with E-state index in [0.717, 1.165) is 44.5 Å². The Morgan fingerprint density at radius 1 is 1.20 bits per heavy atom. The van der Waals surface area contributed by atoms with Crippen LogP contribution in [0.3, 0.4) is 0 Å². The van der Waals surface area contributed by atoms with Crippen molar-refractivity contribution in [2.75, 3.05) is 51.0 Å². The molecule has 2 heterocycles. The Morgan fingerprint density at radius 2 is 2.00 bits per heavy atom. The first kappa shape index (κ1) is 17.6. The molecule has 1 saturated heterocycles. The molecule has 1 aromatic rings. The summed E-state index contributed by atoms with van der Waals surface area (Å²) < 4.78 is 0. The van der Waals surface area contributed by atoms with Gasteiger partial charge in [0.2, 0.25) is 5.91 Å². The van der Waals surface area contributed by atoms with Crippen molar-refractivity contribution in [1.29, 1.82) is 0 Å². The molecule has 1 N–H and O–H groups in total. The van der Waals surface area contributed by atoms with Crippen LogP contribution in [0.2, 0.25) is 0 Å². The number of nitrogens with zero attached hydrogens (tertiary/aromatic N) is 3. The molecule has 1 aromatic carbocycles. The van der Waals surface area contributed by atoms with E-state index in [4.69, 9.17) is 0 Å². The second-order valence-corrected chi connectivity index (χ2v) is 7.32. The van der Waals surface area contributed by atoms with Crippen LogP contribution in [0.1, 0.15) is 24.8 Å². The normalized spacial score (nSPS) is 20.0. The molecule has 6 nitrogen and oxygen atoms in total. The number of benzene rings is 1. The van der Waals surface area contributed by atoms with Gasteiger partial charge in [0.1, 0.15) is 0 Å². The average Bonchev–Trinajstić information content (AvgIpc) is 2.61. The fourth-order valence-electron chi connectivity index (χ4n) is 3.76. The number of carbonyl (C=O) groups is 2. The number of likely N-dealkylation sites (tertiary alicyclic amines) is 1. The lowest BCUT2D eigenvalue weighted by atomic mass is 9.97. The van der Waals surface area contributed by atoms with Gasteiger partial charge in [0.05, 0.1) is 5.92 Å². The predicted octanol–water partition coefficient (Wildman–Crippen LogP) is 2.40. The smallest absolute Gasteiger partial charge is 0.319 e. The molecule has 1 atom stereocenters. The van der Waals surface area contributed by atoms with E-state index in [2.05, 4.69) is 29.4 Å². The summed E-state index contributed by atoms with van der Waals surface area (Å²) in [4.78, 5) is 30.4. The third kappa shape index (κ3) is 3.89. The lowest BCUT2D eigenvalue weighted by molar-refractivity contribution is -0.121. The van der Waals surface area contributed by atoms with Crippen molar-refractivity contribution < 1.29 is 9.59 Å². The van der Waals surface area contributed by atoms with E-state index in [1.807, 2.05) is 6.07 Å². The zero-order chi connectivity index (χ0) is 18.0. The Hall–Kier alpha value is -2.24. The topological polar surface area (TPSA) is 55.9 Å². The quantitative estimate of drug-likeness (QED) is 0.896. The minimum absolute atomic E-state index is 0.0142. The third-order valence-electron chi connectivity index (χ3n) is 5.14. The van der Waals surface area contributed by atoms with Crippen LogP contribution >= 0.6 is 0 Å². The Bertz CT molecular complexity index is 659. The van der Waals surface area contributed by atoms with Crippen LogP contribution in [-0.4, -0.2) is 62.5 Å². The summed E-state index contributed by atoms with van der Waals surface area (Å²) in [7, 11) is 5.60. The number of aryl methyl sites for hydroxylation is 1. The van der Waals surface area contributed by atoms with Crippen molar-refractivity contribution in [2.24, 2.45) is 5.92 Å². The SMILES string of the molecule is CN(C)C(=O)N1CCC[C@H](C(=O)Nc2ccc3c(c2)CCCN3C)C1. The third-order valence-corrected chi connectivity index (χ3v) is 5.14. The van der Waals surface area contributed by atoms with Gasteiger partial charge < -0.3 is 20.0 Å². The van der Waals surface area contributed by atoms with Crippen molar-refractivity contribution in [3.05, 3.63) is 23.8 Å². The van der Waals surface area contributed by atoms with Crippen molar-refractivity contribution in [2.45, 2.75) is 25.7 Å². The van der Waals surface area contributed by atoms with E-state index >= 15 is 0 Å². The molecule has 0 unspecified atom stereocenters. The van der Waals surface area contributed by atoms with Gasteiger partial charge in [0.25, 0.3) is 0 Å². The molecule has 3 amide bonds. The molecule has 25 heavy (non-hydrogen) atoms. The summed E-state index contributed by atoms with van der Waals surface area (Å²) in [6.45, 7) is 2.30.